The van der Waals surface area contributed by atoms with Crippen molar-refractivity contribution in [3.05, 3.63) is 17.8 Å². The molecule has 1 N–H and O–H groups in total. The van der Waals surface area contributed by atoms with Gasteiger partial charge in [0.05, 0.1) is 12.8 Å². The maximum Gasteiger partial charge on any atom is 0.305 e. The number of nitrogens with one attached hydrogen (secondary N) is 1. The molecule has 0 aliphatic heterocycles. The molecule has 0 radical (unpaired) electrons. The molecule has 0 bridgehead atoms. The second kappa shape index (κ2) is 6.76. The molecule has 0 unspecified atom stereocenters. The molecule has 0 atom stereocenters. The highest BCUT2D eigenvalue weighted by Crippen LogP contribution is 2.03. The van der Waals surface area contributed by atoms with Gasteiger partial charge in [-0.25, -0.2) is 0 Å². The zero-order valence-electron chi connectivity index (χ0n) is 9.69. The van der Waals surface area contributed by atoms with Gasteiger partial charge >= 0.3 is 5.97 Å². The summed E-state index contributed by atoms with van der Waals surface area (Å²) < 4.78 is 4.82. The third-order valence-electron chi connectivity index (χ3n) is 1.96. The summed E-state index contributed by atoms with van der Waals surface area (Å²) in [4.78, 5) is 11.0. The van der Waals surface area contributed by atoms with Crippen molar-refractivity contribution in [2.45, 2.75) is 26.7 Å². The Labute approximate surface area is 95.2 Å². The predicted octanol–water partition coefficient (Wildman–Crippen LogP) is 1.54. The number of ether oxygens (including phenoxy) is 1. The molecule has 16 heavy (non-hydrogen) atoms. The molecule has 5 nitrogen and oxygen atoms in total. The summed E-state index contributed by atoms with van der Waals surface area (Å²) >= 11 is 0. The standard InChI is InChI=1S/C11H17N3O2/c1-3-16-11(15)5-4-6-12-10-7-9(2)8-13-14-10/h7-8H,3-6H2,1-2H3,(H,12,14). The normalized spacial score (nSPS) is 9.88. The third kappa shape index (κ3) is 4.72. The van der Waals surface area contributed by atoms with Crippen LogP contribution >= 0.6 is 0 Å². The number of esters is 1. The van der Waals surface area contributed by atoms with E-state index in [2.05, 4.69) is 15.5 Å². The highest BCUT2D eigenvalue weighted by atomic mass is 16.5. The fourth-order valence-corrected chi connectivity index (χ4v) is 1.23. The molecule has 1 rings (SSSR count). The number of aryl methyl sites for hydroxylation is 1. The first-order valence-electron chi connectivity index (χ1n) is 5.41. The number of aromatic nitrogens is 2. The molecule has 1 aromatic heterocycles. The summed E-state index contributed by atoms with van der Waals surface area (Å²) in [5.41, 5.74) is 1.06. The lowest BCUT2D eigenvalue weighted by atomic mass is 10.3. The number of anilines is 1. The van der Waals surface area contributed by atoms with Gasteiger partial charge in [-0.1, -0.05) is 0 Å². The van der Waals surface area contributed by atoms with Crippen molar-refractivity contribution >= 4 is 11.8 Å². The Morgan fingerprint density at radius 1 is 1.56 bits per heavy atom. The lowest BCUT2D eigenvalue weighted by molar-refractivity contribution is -0.143. The molecule has 0 aromatic carbocycles. The van der Waals surface area contributed by atoms with E-state index >= 15 is 0 Å². The van der Waals surface area contributed by atoms with Crippen LogP contribution in [0.2, 0.25) is 0 Å². The van der Waals surface area contributed by atoms with E-state index in [1.807, 2.05) is 13.0 Å². The van der Waals surface area contributed by atoms with Crippen LogP contribution in [0.5, 0.6) is 0 Å². The van der Waals surface area contributed by atoms with Gasteiger partial charge in [0.1, 0.15) is 5.82 Å². The van der Waals surface area contributed by atoms with Crippen LogP contribution in [0.1, 0.15) is 25.3 Å². The summed E-state index contributed by atoms with van der Waals surface area (Å²) in [5.74, 6) is 0.587. The van der Waals surface area contributed by atoms with Gasteiger partial charge < -0.3 is 10.1 Å². The molecular weight excluding hydrogens is 206 g/mol. The van der Waals surface area contributed by atoms with Gasteiger partial charge in [-0.2, -0.15) is 5.10 Å². The SMILES string of the molecule is CCOC(=O)CCCNc1cc(C)cnn1. The minimum atomic E-state index is -0.153. The average molecular weight is 223 g/mol. The van der Waals surface area contributed by atoms with Crippen LogP contribution in [-0.4, -0.2) is 29.3 Å². The topological polar surface area (TPSA) is 64.1 Å². The van der Waals surface area contributed by atoms with Crippen molar-refractivity contribution in [2.75, 3.05) is 18.5 Å². The van der Waals surface area contributed by atoms with Gasteiger partial charge in [0.2, 0.25) is 0 Å². The quantitative estimate of drug-likeness (QED) is 0.585. The first-order valence-corrected chi connectivity index (χ1v) is 5.41. The maximum atomic E-state index is 11.0. The second-order valence-electron chi connectivity index (χ2n) is 3.45. The van der Waals surface area contributed by atoms with Crippen LogP contribution in [0.4, 0.5) is 5.82 Å². The number of hydrogen-bond acceptors (Lipinski definition) is 5. The summed E-state index contributed by atoms with van der Waals surface area (Å²) in [5, 5.41) is 10.8. The average Bonchev–Trinajstić information content (AvgIpc) is 2.25. The molecule has 0 saturated carbocycles. The van der Waals surface area contributed by atoms with Gasteiger partial charge in [-0.3, -0.25) is 4.79 Å². The van der Waals surface area contributed by atoms with Crippen molar-refractivity contribution in [2.24, 2.45) is 0 Å². The Hall–Kier alpha value is -1.65. The minimum Gasteiger partial charge on any atom is -0.466 e. The zero-order valence-corrected chi connectivity index (χ0v) is 9.69. The third-order valence-corrected chi connectivity index (χ3v) is 1.96. The van der Waals surface area contributed by atoms with E-state index in [0.717, 1.165) is 17.8 Å². The molecule has 0 spiro atoms. The largest absolute Gasteiger partial charge is 0.466 e. The molecule has 0 aliphatic carbocycles. The molecule has 1 aromatic rings. The van der Waals surface area contributed by atoms with Gasteiger partial charge in [-0.15, -0.1) is 5.10 Å². The van der Waals surface area contributed by atoms with Gasteiger partial charge in [0.15, 0.2) is 0 Å². The molecule has 0 aliphatic rings. The number of rotatable bonds is 6. The molecule has 0 fully saturated rings. The number of carbonyl (C=O) groups excluding carboxylic acids is 1. The Bertz CT molecular complexity index is 342. The lowest BCUT2D eigenvalue weighted by Gasteiger charge is -2.05. The van der Waals surface area contributed by atoms with Crippen LogP contribution in [0, 0.1) is 6.92 Å². The predicted molar refractivity (Wildman–Crippen MR) is 61.1 cm³/mol. The van der Waals surface area contributed by atoms with Crippen LogP contribution in [0.15, 0.2) is 12.3 Å². The van der Waals surface area contributed by atoms with E-state index in [9.17, 15) is 4.79 Å². The van der Waals surface area contributed by atoms with E-state index < -0.39 is 0 Å². The number of nitrogens with zero attached hydrogens (tertiary/aromatic N) is 2. The highest BCUT2D eigenvalue weighted by molar-refractivity contribution is 5.69. The van der Waals surface area contributed by atoms with E-state index in [0.29, 0.717) is 19.6 Å². The van der Waals surface area contributed by atoms with E-state index in [-0.39, 0.29) is 5.97 Å². The molecular formula is C11H17N3O2. The van der Waals surface area contributed by atoms with Crippen molar-refractivity contribution < 1.29 is 9.53 Å². The Kier molecular flexibility index (Phi) is 5.25. The maximum absolute atomic E-state index is 11.0. The van der Waals surface area contributed by atoms with Gasteiger partial charge in [0, 0.05) is 13.0 Å². The van der Waals surface area contributed by atoms with Crippen molar-refractivity contribution in [3.63, 3.8) is 0 Å². The van der Waals surface area contributed by atoms with Crippen molar-refractivity contribution in [1.29, 1.82) is 0 Å². The van der Waals surface area contributed by atoms with Gasteiger partial charge in [0.25, 0.3) is 0 Å². The van der Waals surface area contributed by atoms with Crippen LogP contribution in [0.3, 0.4) is 0 Å². The Morgan fingerprint density at radius 2 is 2.38 bits per heavy atom. The first kappa shape index (κ1) is 12.4. The monoisotopic (exact) mass is 223 g/mol. The summed E-state index contributed by atoms with van der Waals surface area (Å²) in [6.45, 7) is 4.89. The van der Waals surface area contributed by atoms with Crippen LogP contribution in [0.25, 0.3) is 0 Å². The Balaban J connectivity index is 2.18. The molecule has 88 valence electrons. The smallest absolute Gasteiger partial charge is 0.305 e. The Morgan fingerprint density at radius 3 is 3.06 bits per heavy atom. The van der Waals surface area contributed by atoms with E-state index in [1.54, 1.807) is 13.1 Å². The van der Waals surface area contributed by atoms with E-state index in [4.69, 9.17) is 4.74 Å². The van der Waals surface area contributed by atoms with Crippen molar-refractivity contribution in [1.82, 2.24) is 10.2 Å². The number of hydrogen-bond donors (Lipinski definition) is 1. The summed E-state index contributed by atoms with van der Waals surface area (Å²) in [6, 6.07) is 1.91. The molecule has 0 saturated heterocycles. The first-order chi connectivity index (χ1) is 7.72. The van der Waals surface area contributed by atoms with E-state index in [1.165, 1.54) is 0 Å². The number of carbonyl (C=O) groups is 1. The van der Waals surface area contributed by atoms with Crippen LogP contribution < -0.4 is 5.32 Å². The van der Waals surface area contributed by atoms with Crippen LogP contribution in [-0.2, 0) is 9.53 Å². The fourth-order valence-electron chi connectivity index (χ4n) is 1.23. The highest BCUT2D eigenvalue weighted by Gasteiger charge is 2.01. The molecule has 0 amide bonds. The lowest BCUT2D eigenvalue weighted by Crippen LogP contribution is -2.09. The molecule has 5 heteroatoms. The fraction of sp³-hybridized carbons (Fsp3) is 0.545. The molecule has 1 heterocycles. The zero-order chi connectivity index (χ0) is 11.8. The summed E-state index contributed by atoms with van der Waals surface area (Å²) in [6.07, 6.45) is 2.86. The minimum absolute atomic E-state index is 0.153. The second-order valence-corrected chi connectivity index (χ2v) is 3.45. The van der Waals surface area contributed by atoms with Gasteiger partial charge in [-0.05, 0) is 31.9 Å². The summed E-state index contributed by atoms with van der Waals surface area (Å²) in [7, 11) is 0. The van der Waals surface area contributed by atoms with Crippen molar-refractivity contribution in [3.8, 4) is 0 Å².